The van der Waals surface area contributed by atoms with E-state index in [1.807, 2.05) is 72.9 Å². The normalized spacial score (nSPS) is 13.2. The molecule has 0 N–H and O–H groups in total. The van der Waals surface area contributed by atoms with E-state index in [-0.39, 0.29) is 31.1 Å². The molecule has 0 spiro atoms. The second-order valence-corrected chi connectivity index (χ2v) is 16.2. The number of carbonyl (C=O) groups excluding carboxylic acids is 3. The molecule has 0 aliphatic rings. The van der Waals surface area contributed by atoms with Crippen molar-refractivity contribution in [3.8, 4) is 0 Å². The van der Waals surface area contributed by atoms with E-state index in [2.05, 4.69) is 81.5 Å². The van der Waals surface area contributed by atoms with Crippen LogP contribution in [-0.4, -0.2) is 37.2 Å². The van der Waals surface area contributed by atoms with E-state index < -0.39 is 6.10 Å². The van der Waals surface area contributed by atoms with Gasteiger partial charge in [-0.1, -0.05) is 225 Å². The molecule has 0 aliphatic carbocycles. The van der Waals surface area contributed by atoms with Crippen LogP contribution in [0.3, 0.4) is 0 Å². The molecule has 0 fully saturated rings. The average molecular weight is 883 g/mol. The van der Waals surface area contributed by atoms with Crippen molar-refractivity contribution >= 4 is 17.9 Å². The second kappa shape index (κ2) is 51.2. The molecular weight excluding hydrogens is 793 g/mol. The highest BCUT2D eigenvalue weighted by atomic mass is 16.6. The van der Waals surface area contributed by atoms with Gasteiger partial charge >= 0.3 is 17.9 Å². The smallest absolute Gasteiger partial charge is 0.306 e. The molecule has 0 aromatic carbocycles. The third kappa shape index (κ3) is 48.6. The lowest BCUT2D eigenvalue weighted by Crippen LogP contribution is -2.30. The maximum absolute atomic E-state index is 12.8. The third-order valence-electron chi connectivity index (χ3n) is 10.1. The van der Waals surface area contributed by atoms with Gasteiger partial charge in [-0.05, 0) is 83.5 Å². The Bertz CT molecular complexity index is 1430. The van der Waals surface area contributed by atoms with E-state index in [1.54, 1.807) is 0 Å². The van der Waals surface area contributed by atoms with Gasteiger partial charge in [-0.25, -0.2) is 0 Å². The lowest BCUT2D eigenvalue weighted by Gasteiger charge is -2.18. The van der Waals surface area contributed by atoms with Crippen LogP contribution in [0.4, 0.5) is 0 Å². The van der Waals surface area contributed by atoms with Crippen LogP contribution in [0.2, 0.25) is 0 Å². The van der Waals surface area contributed by atoms with Crippen LogP contribution in [0.25, 0.3) is 0 Å². The minimum atomic E-state index is -0.816. The quantitative estimate of drug-likeness (QED) is 0.0263. The van der Waals surface area contributed by atoms with Crippen LogP contribution >= 0.6 is 0 Å². The number of ether oxygens (including phenoxy) is 3. The van der Waals surface area contributed by atoms with Gasteiger partial charge in [0.15, 0.2) is 6.10 Å². The molecular formula is C58H90O6. The van der Waals surface area contributed by atoms with Gasteiger partial charge < -0.3 is 14.2 Å². The Labute approximate surface area is 392 Å². The SMILES string of the molecule is CC\C=C/C=C\C=C/C=C\CCCCCC(=O)OCC(COC(=O)CCCCCCC\C=C/C=C\C=C/C=C\C=C/CCC)OC(=O)CCCCCCCC/C=C\C=C/CCCCC. The number of unbranched alkanes of at least 4 members (excludes halogenated alkanes) is 18. The molecule has 0 saturated carbocycles. The van der Waals surface area contributed by atoms with E-state index in [0.29, 0.717) is 19.3 Å². The molecule has 0 saturated heterocycles. The van der Waals surface area contributed by atoms with Gasteiger partial charge in [0.05, 0.1) is 0 Å². The van der Waals surface area contributed by atoms with Gasteiger partial charge in [0.1, 0.15) is 13.2 Å². The lowest BCUT2D eigenvalue weighted by atomic mass is 10.1. The van der Waals surface area contributed by atoms with E-state index in [1.165, 1.54) is 38.5 Å². The molecule has 1 atom stereocenters. The highest BCUT2D eigenvalue weighted by Crippen LogP contribution is 2.13. The summed E-state index contributed by atoms with van der Waals surface area (Å²) < 4.78 is 16.7. The summed E-state index contributed by atoms with van der Waals surface area (Å²) in [5, 5.41) is 0. The molecule has 0 aromatic heterocycles. The van der Waals surface area contributed by atoms with E-state index in [9.17, 15) is 14.4 Å². The summed E-state index contributed by atoms with van der Waals surface area (Å²) in [7, 11) is 0. The highest BCUT2D eigenvalue weighted by molar-refractivity contribution is 5.71. The van der Waals surface area contributed by atoms with E-state index in [4.69, 9.17) is 14.2 Å². The summed E-state index contributed by atoms with van der Waals surface area (Å²) in [6, 6.07) is 0. The summed E-state index contributed by atoms with van der Waals surface area (Å²) in [6.07, 6.45) is 71.4. The van der Waals surface area contributed by atoms with Crippen molar-refractivity contribution in [2.24, 2.45) is 0 Å². The molecule has 358 valence electrons. The maximum atomic E-state index is 12.8. The van der Waals surface area contributed by atoms with Crippen molar-refractivity contribution in [3.05, 3.63) is 134 Å². The topological polar surface area (TPSA) is 78.9 Å². The zero-order chi connectivity index (χ0) is 46.5. The van der Waals surface area contributed by atoms with Crippen LogP contribution in [0.5, 0.6) is 0 Å². The maximum Gasteiger partial charge on any atom is 0.306 e. The molecule has 0 aliphatic heterocycles. The van der Waals surface area contributed by atoms with Crippen molar-refractivity contribution in [2.45, 2.75) is 200 Å². The Balaban J connectivity index is 4.55. The van der Waals surface area contributed by atoms with Gasteiger partial charge in [-0.3, -0.25) is 14.4 Å². The minimum Gasteiger partial charge on any atom is -0.462 e. The van der Waals surface area contributed by atoms with Crippen LogP contribution < -0.4 is 0 Å². The fraction of sp³-hybridized carbons (Fsp3) is 0.569. The number of carbonyl (C=O) groups is 3. The lowest BCUT2D eigenvalue weighted by molar-refractivity contribution is -0.167. The number of hydrogen-bond donors (Lipinski definition) is 0. The van der Waals surface area contributed by atoms with Crippen LogP contribution in [0, 0.1) is 0 Å². The fourth-order valence-corrected chi connectivity index (χ4v) is 6.29. The van der Waals surface area contributed by atoms with Crippen LogP contribution in [-0.2, 0) is 28.6 Å². The predicted octanol–water partition coefficient (Wildman–Crippen LogP) is 16.7. The van der Waals surface area contributed by atoms with Gasteiger partial charge in [0, 0.05) is 19.3 Å². The fourth-order valence-electron chi connectivity index (χ4n) is 6.29. The first kappa shape index (κ1) is 59.5. The average Bonchev–Trinajstić information content (AvgIpc) is 3.29. The molecule has 6 nitrogen and oxygen atoms in total. The molecule has 0 amide bonds. The summed E-state index contributed by atoms with van der Waals surface area (Å²) in [6.45, 7) is 6.29. The molecule has 0 bridgehead atoms. The second-order valence-electron chi connectivity index (χ2n) is 16.2. The minimum absolute atomic E-state index is 0.114. The van der Waals surface area contributed by atoms with Gasteiger partial charge in [0.25, 0.3) is 0 Å². The molecule has 64 heavy (non-hydrogen) atoms. The molecule has 0 radical (unpaired) electrons. The summed E-state index contributed by atoms with van der Waals surface area (Å²) in [5.74, 6) is -0.999. The number of hydrogen-bond acceptors (Lipinski definition) is 6. The van der Waals surface area contributed by atoms with Crippen molar-refractivity contribution in [1.29, 1.82) is 0 Å². The largest absolute Gasteiger partial charge is 0.462 e. The number of rotatable bonds is 43. The van der Waals surface area contributed by atoms with E-state index in [0.717, 1.165) is 116 Å². The Kier molecular flexibility index (Phi) is 47.6. The standard InChI is InChI=1S/C58H90O6/c1-4-7-10-13-16-19-22-25-27-28-29-31-33-36-39-42-45-48-51-57(60)63-54-55(53-62-56(59)50-47-44-41-38-35-32-24-21-18-15-12-9-6-3)64-58(61)52-49-46-43-40-37-34-30-26-23-20-17-14-11-8-5-2/h9-10,12-13,15-29,31-32,35,55H,4-8,11,14,30,33-34,36-54H2,1-3H3/b12-9-,13-10-,18-15-,19-16-,20-17-,24-21-,25-22-,26-23-,28-27-,31-29-,35-32-. The predicted molar refractivity (Wildman–Crippen MR) is 274 cm³/mol. The molecule has 0 aromatic rings. The van der Waals surface area contributed by atoms with Gasteiger partial charge in [-0.15, -0.1) is 0 Å². The van der Waals surface area contributed by atoms with Gasteiger partial charge in [0.2, 0.25) is 0 Å². The first-order valence-electron chi connectivity index (χ1n) is 25.3. The summed E-state index contributed by atoms with van der Waals surface area (Å²) in [4.78, 5) is 38.0. The first-order chi connectivity index (χ1) is 31.5. The highest BCUT2D eigenvalue weighted by Gasteiger charge is 2.19. The first-order valence-corrected chi connectivity index (χ1v) is 25.3. The summed E-state index contributed by atoms with van der Waals surface area (Å²) in [5.41, 5.74) is 0. The Morgan fingerprint density at radius 2 is 0.641 bits per heavy atom. The molecule has 0 rings (SSSR count). The van der Waals surface area contributed by atoms with E-state index >= 15 is 0 Å². The Morgan fingerprint density at radius 3 is 1.05 bits per heavy atom. The Hall–Kier alpha value is -4.45. The molecule has 1 unspecified atom stereocenters. The Morgan fingerprint density at radius 1 is 0.328 bits per heavy atom. The third-order valence-corrected chi connectivity index (χ3v) is 10.1. The summed E-state index contributed by atoms with van der Waals surface area (Å²) >= 11 is 0. The van der Waals surface area contributed by atoms with Crippen molar-refractivity contribution < 1.29 is 28.6 Å². The zero-order valence-corrected chi connectivity index (χ0v) is 40.7. The van der Waals surface area contributed by atoms with Crippen LogP contribution in [0.1, 0.15) is 194 Å². The van der Waals surface area contributed by atoms with Crippen molar-refractivity contribution in [1.82, 2.24) is 0 Å². The number of allylic oxidation sites excluding steroid dienone is 22. The van der Waals surface area contributed by atoms with Crippen molar-refractivity contribution in [3.63, 3.8) is 0 Å². The zero-order valence-electron chi connectivity index (χ0n) is 40.7. The monoisotopic (exact) mass is 883 g/mol. The molecule has 6 heteroatoms. The number of esters is 3. The van der Waals surface area contributed by atoms with Crippen molar-refractivity contribution in [2.75, 3.05) is 13.2 Å². The van der Waals surface area contributed by atoms with Gasteiger partial charge in [-0.2, -0.15) is 0 Å². The van der Waals surface area contributed by atoms with Crippen LogP contribution in [0.15, 0.2) is 134 Å². The molecule has 0 heterocycles.